The Hall–Kier alpha value is -1.82. The number of thiophene rings is 1. The van der Waals surface area contributed by atoms with Crippen molar-refractivity contribution in [2.75, 3.05) is 12.8 Å². The van der Waals surface area contributed by atoms with Gasteiger partial charge in [-0.25, -0.2) is 0 Å². The molecule has 0 radical (unpaired) electrons. The Kier molecular flexibility index (Phi) is 3.90. The summed E-state index contributed by atoms with van der Waals surface area (Å²) in [5, 5.41) is 6.24. The first kappa shape index (κ1) is 13.6. The van der Waals surface area contributed by atoms with E-state index in [1.54, 1.807) is 34.2 Å². The van der Waals surface area contributed by atoms with Gasteiger partial charge >= 0.3 is 0 Å². The molecule has 2 rings (SSSR count). The summed E-state index contributed by atoms with van der Waals surface area (Å²) in [6, 6.07) is 2.05. The van der Waals surface area contributed by atoms with Crippen LogP contribution in [0.3, 0.4) is 0 Å². The normalized spacial score (nSPS) is 10.7. The number of carbonyl (C=O) groups excluding carboxylic acids is 1. The van der Waals surface area contributed by atoms with Crippen LogP contribution in [0, 0.1) is 6.92 Å². The van der Waals surface area contributed by atoms with Gasteiger partial charge < -0.3 is 10.6 Å². The molecule has 0 fully saturated rings. The lowest BCUT2D eigenvalue weighted by atomic mass is 10.2. The molecule has 2 heterocycles. The maximum Gasteiger partial charge on any atom is 0.276 e. The van der Waals surface area contributed by atoms with Crippen molar-refractivity contribution in [1.29, 1.82) is 0 Å². The van der Waals surface area contributed by atoms with Crippen LogP contribution in [0.2, 0.25) is 0 Å². The first-order valence-corrected chi connectivity index (χ1v) is 7.02. The molecule has 0 aliphatic heterocycles. The minimum Gasteiger partial charge on any atom is -0.396 e. The van der Waals surface area contributed by atoms with Gasteiger partial charge in [0.2, 0.25) is 0 Å². The molecule has 0 unspecified atom stereocenters. The molecule has 0 spiro atoms. The zero-order valence-electron chi connectivity index (χ0n) is 11.4. The molecule has 0 atom stereocenters. The van der Waals surface area contributed by atoms with Gasteiger partial charge in [0.1, 0.15) is 0 Å². The third-order valence-corrected chi connectivity index (χ3v) is 4.02. The van der Waals surface area contributed by atoms with E-state index in [0.717, 1.165) is 0 Å². The molecule has 19 heavy (non-hydrogen) atoms. The number of aryl methyl sites for hydroxylation is 2. The van der Waals surface area contributed by atoms with Crippen molar-refractivity contribution in [2.45, 2.75) is 26.9 Å². The molecule has 0 aromatic carbocycles. The quantitative estimate of drug-likeness (QED) is 0.931. The number of nitrogens with two attached hydrogens (primary N) is 1. The lowest BCUT2D eigenvalue weighted by molar-refractivity contribution is 0.0780. The topological polar surface area (TPSA) is 64.2 Å². The van der Waals surface area contributed by atoms with Crippen LogP contribution in [-0.4, -0.2) is 27.6 Å². The van der Waals surface area contributed by atoms with E-state index in [2.05, 4.69) is 11.2 Å². The van der Waals surface area contributed by atoms with Crippen molar-refractivity contribution in [2.24, 2.45) is 0 Å². The summed E-state index contributed by atoms with van der Waals surface area (Å²) in [7, 11) is 1.77. The lowest BCUT2D eigenvalue weighted by Gasteiger charge is -2.15. The number of nitrogen functional groups attached to an aromatic ring is 1. The summed E-state index contributed by atoms with van der Waals surface area (Å²) in [5.41, 5.74) is 7.80. The number of rotatable bonds is 4. The summed E-state index contributed by atoms with van der Waals surface area (Å²) in [6.07, 6.45) is 1.69. The fourth-order valence-corrected chi connectivity index (χ4v) is 2.76. The SMILES string of the molecule is CCn1cc(N)c(C(=O)N(C)Cc2sccc2C)n1. The first-order valence-electron chi connectivity index (χ1n) is 6.14. The zero-order valence-corrected chi connectivity index (χ0v) is 12.2. The van der Waals surface area contributed by atoms with Gasteiger partial charge in [-0.1, -0.05) is 0 Å². The summed E-state index contributed by atoms with van der Waals surface area (Å²) < 4.78 is 1.67. The Morgan fingerprint density at radius 2 is 2.32 bits per heavy atom. The van der Waals surface area contributed by atoms with E-state index in [0.29, 0.717) is 24.5 Å². The Morgan fingerprint density at radius 3 is 2.84 bits per heavy atom. The van der Waals surface area contributed by atoms with Crippen LogP contribution >= 0.6 is 11.3 Å². The van der Waals surface area contributed by atoms with Gasteiger partial charge in [-0.2, -0.15) is 5.10 Å². The number of hydrogen-bond donors (Lipinski definition) is 1. The van der Waals surface area contributed by atoms with Crippen molar-refractivity contribution in [3.8, 4) is 0 Å². The minimum atomic E-state index is -0.141. The molecule has 1 amide bonds. The largest absolute Gasteiger partial charge is 0.396 e. The van der Waals surface area contributed by atoms with Crippen LogP contribution in [-0.2, 0) is 13.1 Å². The fraction of sp³-hybridized carbons (Fsp3) is 0.385. The maximum atomic E-state index is 12.3. The number of hydrogen-bond acceptors (Lipinski definition) is 4. The minimum absolute atomic E-state index is 0.141. The predicted octanol–water partition coefficient (Wildman–Crippen LogP) is 2.13. The van der Waals surface area contributed by atoms with Gasteiger partial charge in [0.05, 0.1) is 12.2 Å². The second-order valence-corrected chi connectivity index (χ2v) is 5.48. The van der Waals surface area contributed by atoms with Crippen LogP contribution < -0.4 is 5.73 Å². The molecule has 0 aliphatic carbocycles. The van der Waals surface area contributed by atoms with Gasteiger partial charge in [0.25, 0.3) is 5.91 Å². The lowest BCUT2D eigenvalue weighted by Crippen LogP contribution is -2.27. The average molecular weight is 278 g/mol. The van der Waals surface area contributed by atoms with E-state index in [-0.39, 0.29) is 5.91 Å². The molecule has 2 aromatic heterocycles. The highest BCUT2D eigenvalue weighted by molar-refractivity contribution is 7.10. The first-order chi connectivity index (χ1) is 9.02. The van der Waals surface area contributed by atoms with Gasteiger partial charge in [-0.3, -0.25) is 9.48 Å². The maximum absolute atomic E-state index is 12.3. The van der Waals surface area contributed by atoms with Crippen molar-refractivity contribution in [1.82, 2.24) is 14.7 Å². The summed E-state index contributed by atoms with van der Waals surface area (Å²) >= 11 is 1.65. The van der Waals surface area contributed by atoms with Gasteiger partial charge in [-0.05, 0) is 30.9 Å². The molecule has 0 saturated carbocycles. The van der Waals surface area contributed by atoms with Gasteiger partial charge in [-0.15, -0.1) is 11.3 Å². The van der Waals surface area contributed by atoms with Crippen molar-refractivity contribution in [3.63, 3.8) is 0 Å². The second-order valence-electron chi connectivity index (χ2n) is 4.48. The van der Waals surface area contributed by atoms with Crippen LogP contribution in [0.5, 0.6) is 0 Å². The molecule has 2 aromatic rings. The van der Waals surface area contributed by atoms with E-state index in [1.165, 1.54) is 10.4 Å². The molecule has 0 bridgehead atoms. The van der Waals surface area contributed by atoms with Crippen LogP contribution in [0.4, 0.5) is 5.69 Å². The third-order valence-electron chi connectivity index (χ3n) is 3.01. The second kappa shape index (κ2) is 5.44. The summed E-state index contributed by atoms with van der Waals surface area (Å²) in [4.78, 5) is 15.1. The average Bonchev–Trinajstić information content (AvgIpc) is 2.95. The van der Waals surface area contributed by atoms with E-state index in [1.807, 2.05) is 19.2 Å². The van der Waals surface area contributed by atoms with E-state index < -0.39 is 0 Å². The van der Waals surface area contributed by atoms with Crippen LogP contribution in [0.15, 0.2) is 17.6 Å². The number of nitrogens with zero attached hydrogens (tertiary/aromatic N) is 3. The van der Waals surface area contributed by atoms with E-state index in [4.69, 9.17) is 5.73 Å². The van der Waals surface area contributed by atoms with E-state index in [9.17, 15) is 4.79 Å². The van der Waals surface area contributed by atoms with Crippen LogP contribution in [0.25, 0.3) is 0 Å². The monoisotopic (exact) mass is 278 g/mol. The summed E-state index contributed by atoms with van der Waals surface area (Å²) in [5.74, 6) is -0.141. The molecule has 102 valence electrons. The molecule has 0 aliphatic rings. The van der Waals surface area contributed by atoms with Gasteiger partial charge in [0.15, 0.2) is 5.69 Å². The fourth-order valence-electron chi connectivity index (χ4n) is 1.80. The molecular weight excluding hydrogens is 260 g/mol. The Morgan fingerprint density at radius 1 is 1.58 bits per heavy atom. The molecule has 2 N–H and O–H groups in total. The van der Waals surface area contributed by atoms with Crippen molar-refractivity contribution in [3.05, 3.63) is 33.8 Å². The standard InChI is InChI=1S/C13H18N4OS/c1-4-17-7-10(14)12(15-17)13(18)16(3)8-11-9(2)5-6-19-11/h5-7H,4,8,14H2,1-3H3. The molecular formula is C13H18N4OS. The third kappa shape index (κ3) is 2.78. The van der Waals surface area contributed by atoms with Crippen molar-refractivity contribution < 1.29 is 4.79 Å². The van der Waals surface area contributed by atoms with Gasteiger partial charge in [0, 0.05) is 24.7 Å². The highest BCUT2D eigenvalue weighted by Crippen LogP contribution is 2.19. The Balaban J connectivity index is 2.14. The molecule has 0 saturated heterocycles. The predicted molar refractivity (Wildman–Crippen MR) is 77.2 cm³/mol. The smallest absolute Gasteiger partial charge is 0.276 e. The van der Waals surface area contributed by atoms with Crippen molar-refractivity contribution >= 4 is 22.9 Å². The highest BCUT2D eigenvalue weighted by Gasteiger charge is 2.19. The number of amides is 1. The number of aromatic nitrogens is 2. The zero-order chi connectivity index (χ0) is 14.0. The summed E-state index contributed by atoms with van der Waals surface area (Å²) in [6.45, 7) is 5.29. The van der Waals surface area contributed by atoms with E-state index >= 15 is 0 Å². The Bertz CT molecular complexity index is 587. The number of carbonyl (C=O) groups is 1. The Labute approximate surface area is 116 Å². The molecule has 6 heteroatoms. The van der Waals surface area contributed by atoms with Crippen LogP contribution in [0.1, 0.15) is 27.9 Å². The highest BCUT2D eigenvalue weighted by atomic mass is 32.1. The molecule has 5 nitrogen and oxygen atoms in total. The number of anilines is 1.